The number of pyridine rings is 2. The maximum atomic E-state index is 13.7. The van der Waals surface area contributed by atoms with E-state index in [1.165, 1.54) is 6.20 Å². The minimum absolute atomic E-state index is 0.0238. The number of nitrogens with one attached hydrogen (secondary N) is 2. The fraction of sp³-hybridized carbons (Fsp3) is 0.200. The Labute approximate surface area is 272 Å². The predicted molar refractivity (Wildman–Crippen MR) is 181 cm³/mol. The van der Waals surface area contributed by atoms with Crippen molar-refractivity contribution in [3.63, 3.8) is 0 Å². The molecule has 0 bridgehead atoms. The number of benzene rings is 3. The van der Waals surface area contributed by atoms with Crippen molar-refractivity contribution in [2.75, 3.05) is 12.3 Å². The van der Waals surface area contributed by atoms with Crippen molar-refractivity contribution in [1.29, 1.82) is 0 Å². The van der Waals surface area contributed by atoms with Crippen molar-refractivity contribution in [1.82, 2.24) is 19.6 Å². The highest BCUT2D eigenvalue weighted by Gasteiger charge is 2.29. The van der Waals surface area contributed by atoms with E-state index < -0.39 is 39.9 Å². The molecule has 0 aliphatic carbocycles. The summed E-state index contributed by atoms with van der Waals surface area (Å²) in [6.45, 7) is 4.91. The van der Waals surface area contributed by atoms with Crippen LogP contribution in [0.3, 0.4) is 0 Å². The van der Waals surface area contributed by atoms with Crippen molar-refractivity contribution in [3.8, 4) is 11.3 Å². The van der Waals surface area contributed by atoms with Gasteiger partial charge in [0.1, 0.15) is 17.4 Å². The van der Waals surface area contributed by atoms with Gasteiger partial charge in [0, 0.05) is 30.2 Å². The maximum absolute atomic E-state index is 13.7. The standard InChI is InChI=1S/C35H35N5O6S/c1-21-16-22(2)33(23(3)17-21)47(45,46)39-29(35(43)44)19-37-34(42)27-20-40(15-14-24-8-5-4-6-9-24)30-18-25(12-13-26(30)32(27)41)28-10-7-11-31(36)38-28/h4-13,16-18,20,29,39H,14-15,19H2,1-3H3,(H2,36,38)(H,37,42)(H,43,44). The molecule has 2 aromatic heterocycles. The van der Waals surface area contributed by atoms with E-state index in [-0.39, 0.29) is 15.8 Å². The molecule has 12 heteroatoms. The van der Waals surface area contributed by atoms with E-state index in [2.05, 4.69) is 15.0 Å². The number of nitrogen functional groups attached to an aromatic ring is 1. The van der Waals surface area contributed by atoms with Gasteiger partial charge in [-0.05, 0) is 68.1 Å². The minimum atomic E-state index is -4.26. The van der Waals surface area contributed by atoms with Crippen molar-refractivity contribution < 1.29 is 23.1 Å². The number of carbonyl (C=O) groups excluding carboxylic acids is 1. The number of aromatic nitrogens is 2. The monoisotopic (exact) mass is 653 g/mol. The molecule has 3 aromatic carbocycles. The second-order valence-corrected chi connectivity index (χ2v) is 13.1. The van der Waals surface area contributed by atoms with Crippen LogP contribution in [0.1, 0.15) is 32.6 Å². The average Bonchev–Trinajstić information content (AvgIpc) is 3.02. The molecule has 0 radical (unpaired) electrons. The van der Waals surface area contributed by atoms with Gasteiger partial charge < -0.3 is 20.7 Å². The maximum Gasteiger partial charge on any atom is 0.323 e. The van der Waals surface area contributed by atoms with E-state index in [0.29, 0.717) is 41.1 Å². The number of anilines is 1. The number of nitrogens with two attached hydrogens (primary N) is 1. The summed E-state index contributed by atoms with van der Waals surface area (Å²) in [4.78, 5) is 43.6. The van der Waals surface area contributed by atoms with Crippen molar-refractivity contribution >= 4 is 38.6 Å². The first-order chi connectivity index (χ1) is 22.3. The molecule has 1 unspecified atom stereocenters. The Kier molecular flexibility index (Phi) is 9.54. The lowest BCUT2D eigenvalue weighted by Gasteiger charge is -2.19. The summed E-state index contributed by atoms with van der Waals surface area (Å²) < 4.78 is 30.5. The number of aliphatic carboxylic acids is 1. The van der Waals surface area contributed by atoms with Crippen LogP contribution in [0, 0.1) is 20.8 Å². The van der Waals surface area contributed by atoms with E-state index in [9.17, 15) is 27.9 Å². The molecule has 0 spiro atoms. The molecule has 0 saturated heterocycles. The Bertz CT molecular complexity index is 2140. The van der Waals surface area contributed by atoms with Gasteiger partial charge in [0.25, 0.3) is 5.91 Å². The summed E-state index contributed by atoms with van der Waals surface area (Å²) in [5.74, 6) is -1.97. The van der Waals surface area contributed by atoms with Gasteiger partial charge in [-0.2, -0.15) is 4.72 Å². The van der Waals surface area contributed by atoms with Gasteiger partial charge in [0.15, 0.2) is 0 Å². The topological polar surface area (TPSA) is 173 Å². The van der Waals surface area contributed by atoms with E-state index in [4.69, 9.17) is 5.73 Å². The highest BCUT2D eigenvalue weighted by atomic mass is 32.2. The molecule has 11 nitrogen and oxygen atoms in total. The highest BCUT2D eigenvalue weighted by molar-refractivity contribution is 7.89. The SMILES string of the molecule is Cc1cc(C)c(S(=O)(=O)NC(CNC(=O)c2cn(CCc3ccccc3)c3cc(-c4cccc(N)n4)ccc3c2=O)C(=O)O)c(C)c1. The molecule has 2 heterocycles. The van der Waals surface area contributed by atoms with Crippen LogP contribution >= 0.6 is 0 Å². The predicted octanol–water partition coefficient (Wildman–Crippen LogP) is 3.98. The molecule has 5 N–H and O–H groups in total. The molecular formula is C35H35N5O6S. The number of rotatable bonds is 11. The molecule has 0 saturated carbocycles. The normalized spacial score (nSPS) is 12.1. The summed E-state index contributed by atoms with van der Waals surface area (Å²) in [5.41, 5.74) is 9.89. The van der Waals surface area contributed by atoms with Crippen LogP contribution in [0.2, 0.25) is 0 Å². The molecule has 0 fully saturated rings. The third-order valence-electron chi connectivity index (χ3n) is 7.81. The molecule has 47 heavy (non-hydrogen) atoms. The second-order valence-electron chi connectivity index (χ2n) is 11.4. The molecule has 5 rings (SSSR count). The van der Waals surface area contributed by atoms with Crippen molar-refractivity contribution in [2.45, 2.75) is 44.7 Å². The van der Waals surface area contributed by atoms with E-state index in [0.717, 1.165) is 16.7 Å². The zero-order valence-electron chi connectivity index (χ0n) is 26.2. The summed E-state index contributed by atoms with van der Waals surface area (Å²) in [6, 6.07) is 21.8. The molecular weight excluding hydrogens is 618 g/mol. The number of hydrogen-bond donors (Lipinski definition) is 4. The number of sulfonamides is 1. The van der Waals surface area contributed by atoms with Gasteiger partial charge in [0.2, 0.25) is 15.5 Å². The lowest BCUT2D eigenvalue weighted by Crippen LogP contribution is -2.49. The van der Waals surface area contributed by atoms with Gasteiger partial charge >= 0.3 is 5.97 Å². The molecule has 1 atom stereocenters. The number of nitrogens with zero attached hydrogens (tertiary/aromatic N) is 2. The Hall–Kier alpha value is -5.33. The molecule has 0 aliphatic heterocycles. The molecule has 5 aromatic rings. The first-order valence-corrected chi connectivity index (χ1v) is 16.4. The number of carbonyl (C=O) groups is 2. The zero-order valence-corrected chi connectivity index (χ0v) is 27.0. The smallest absolute Gasteiger partial charge is 0.323 e. The van der Waals surface area contributed by atoms with Crippen LogP contribution < -0.4 is 21.2 Å². The summed E-state index contributed by atoms with van der Waals surface area (Å²) in [7, 11) is -4.26. The minimum Gasteiger partial charge on any atom is -0.480 e. The van der Waals surface area contributed by atoms with Crippen LogP contribution in [-0.4, -0.2) is 47.5 Å². The molecule has 242 valence electrons. The number of aryl methyl sites for hydroxylation is 5. The van der Waals surface area contributed by atoms with E-state index >= 15 is 0 Å². The zero-order chi connectivity index (χ0) is 33.9. The van der Waals surface area contributed by atoms with Crippen LogP contribution in [0.4, 0.5) is 5.82 Å². The van der Waals surface area contributed by atoms with Crippen molar-refractivity contribution in [3.05, 3.63) is 123 Å². The first-order valence-electron chi connectivity index (χ1n) is 14.9. The average molecular weight is 654 g/mol. The van der Waals surface area contributed by atoms with Crippen LogP contribution in [0.15, 0.2) is 94.7 Å². The number of fused-ring (bicyclic) bond motifs is 1. The highest BCUT2D eigenvalue weighted by Crippen LogP contribution is 2.24. The van der Waals surface area contributed by atoms with Gasteiger partial charge in [-0.15, -0.1) is 0 Å². The van der Waals surface area contributed by atoms with Gasteiger partial charge in [-0.1, -0.05) is 60.2 Å². The Morgan fingerprint density at radius 3 is 2.32 bits per heavy atom. The number of carboxylic acid groups (broad SMARTS) is 1. The number of amides is 1. The Morgan fingerprint density at radius 2 is 1.66 bits per heavy atom. The fourth-order valence-electron chi connectivity index (χ4n) is 5.71. The lowest BCUT2D eigenvalue weighted by atomic mass is 10.0. The van der Waals surface area contributed by atoms with Crippen molar-refractivity contribution in [2.24, 2.45) is 0 Å². The lowest BCUT2D eigenvalue weighted by molar-refractivity contribution is -0.138. The Balaban J connectivity index is 1.46. The third-order valence-corrected chi connectivity index (χ3v) is 9.59. The third kappa shape index (κ3) is 7.40. The number of carboxylic acids is 1. The quantitative estimate of drug-likeness (QED) is 0.166. The van der Waals surface area contributed by atoms with Gasteiger partial charge in [-0.3, -0.25) is 14.4 Å². The fourth-order valence-corrected chi connectivity index (χ4v) is 7.35. The summed E-state index contributed by atoms with van der Waals surface area (Å²) in [5, 5.41) is 12.6. The Morgan fingerprint density at radius 1 is 0.957 bits per heavy atom. The van der Waals surface area contributed by atoms with E-state index in [1.807, 2.05) is 43.3 Å². The van der Waals surface area contributed by atoms with Gasteiger partial charge in [-0.25, -0.2) is 13.4 Å². The van der Waals surface area contributed by atoms with Crippen LogP contribution in [0.25, 0.3) is 22.2 Å². The summed E-state index contributed by atoms with van der Waals surface area (Å²) in [6.07, 6.45) is 2.04. The van der Waals surface area contributed by atoms with Gasteiger partial charge in [0.05, 0.1) is 16.1 Å². The number of hydrogen-bond acceptors (Lipinski definition) is 7. The second kappa shape index (κ2) is 13.6. The van der Waals surface area contributed by atoms with Crippen LogP contribution in [-0.2, 0) is 27.8 Å². The molecule has 0 aliphatic rings. The van der Waals surface area contributed by atoms with Crippen LogP contribution in [0.5, 0.6) is 0 Å². The van der Waals surface area contributed by atoms with E-state index in [1.54, 1.807) is 60.9 Å². The largest absolute Gasteiger partial charge is 0.480 e. The summed E-state index contributed by atoms with van der Waals surface area (Å²) >= 11 is 0. The first kappa shape index (κ1) is 33.0. The molecule has 1 amide bonds.